The van der Waals surface area contributed by atoms with Crippen molar-refractivity contribution in [1.82, 2.24) is 14.6 Å². The smallest absolute Gasteiger partial charge is 0.154 e. The number of hydrogen-bond donors (Lipinski definition) is 2. The molecular weight excluding hydrogens is 312 g/mol. The second-order valence-corrected chi connectivity index (χ2v) is 7.05. The Labute approximate surface area is 147 Å². The van der Waals surface area contributed by atoms with E-state index >= 15 is 0 Å². The molecule has 1 aromatic carbocycles. The minimum Gasteiger partial charge on any atom is -0.396 e. The Bertz CT molecular complexity index is 865. The molecular formula is C20H24N4O. The second kappa shape index (κ2) is 6.84. The largest absolute Gasteiger partial charge is 0.396 e. The number of imidazole rings is 1. The van der Waals surface area contributed by atoms with Crippen LogP contribution in [0.2, 0.25) is 0 Å². The summed E-state index contributed by atoms with van der Waals surface area (Å²) in [7, 11) is 0. The van der Waals surface area contributed by atoms with Crippen molar-refractivity contribution >= 4 is 11.5 Å². The summed E-state index contributed by atoms with van der Waals surface area (Å²) in [5, 5.41) is 17.6. The van der Waals surface area contributed by atoms with Crippen LogP contribution in [0.5, 0.6) is 0 Å². The standard InChI is InChI=1S/C20H24N4O/c1-14-3-2-4-16(11-14)18-12-21-20-10-9-19(23-24(18)20)22-17-7-5-15(13-25)6-8-17/h2-4,9-12,15,17,25H,5-8,13H2,1H3,(H,22,23)/t15-,17+. The number of nitrogens with zero attached hydrogens (tertiary/aromatic N) is 3. The monoisotopic (exact) mass is 336 g/mol. The fourth-order valence-electron chi connectivity index (χ4n) is 3.65. The molecule has 1 saturated carbocycles. The normalized spacial score (nSPS) is 20.7. The zero-order valence-electron chi connectivity index (χ0n) is 14.5. The zero-order chi connectivity index (χ0) is 17.2. The summed E-state index contributed by atoms with van der Waals surface area (Å²) in [6, 6.07) is 12.8. The van der Waals surface area contributed by atoms with E-state index in [0.717, 1.165) is 48.4 Å². The van der Waals surface area contributed by atoms with Crippen LogP contribution in [-0.4, -0.2) is 32.4 Å². The molecule has 1 aliphatic rings. The molecule has 4 rings (SSSR count). The molecule has 0 radical (unpaired) electrons. The SMILES string of the molecule is Cc1cccc(-c2cnc3ccc(N[C@H]4CC[C@@H](CO)CC4)nn23)c1. The average molecular weight is 336 g/mol. The van der Waals surface area contributed by atoms with Gasteiger partial charge in [-0.2, -0.15) is 0 Å². The molecule has 130 valence electrons. The highest BCUT2D eigenvalue weighted by molar-refractivity contribution is 5.64. The summed E-state index contributed by atoms with van der Waals surface area (Å²) in [5.41, 5.74) is 4.21. The van der Waals surface area contributed by atoms with E-state index in [0.29, 0.717) is 18.6 Å². The Balaban J connectivity index is 1.58. The van der Waals surface area contributed by atoms with Gasteiger partial charge in [0.25, 0.3) is 0 Å². The van der Waals surface area contributed by atoms with Crippen molar-refractivity contribution < 1.29 is 5.11 Å². The lowest BCUT2D eigenvalue weighted by atomic mass is 9.86. The number of aromatic nitrogens is 3. The van der Waals surface area contributed by atoms with Gasteiger partial charge in [0.05, 0.1) is 11.9 Å². The molecule has 0 bridgehead atoms. The maximum atomic E-state index is 9.28. The maximum absolute atomic E-state index is 9.28. The number of hydrogen-bond acceptors (Lipinski definition) is 4. The number of benzene rings is 1. The summed E-state index contributed by atoms with van der Waals surface area (Å²) >= 11 is 0. The first-order valence-electron chi connectivity index (χ1n) is 9.02. The van der Waals surface area contributed by atoms with E-state index in [4.69, 9.17) is 5.10 Å². The van der Waals surface area contributed by atoms with E-state index in [9.17, 15) is 5.11 Å². The first-order valence-corrected chi connectivity index (χ1v) is 9.02. The molecule has 0 atom stereocenters. The summed E-state index contributed by atoms with van der Waals surface area (Å²) in [4.78, 5) is 4.48. The first-order chi connectivity index (χ1) is 12.2. The number of nitrogens with one attached hydrogen (secondary N) is 1. The third kappa shape index (κ3) is 3.37. The fourth-order valence-corrected chi connectivity index (χ4v) is 3.65. The van der Waals surface area contributed by atoms with Gasteiger partial charge in [0.15, 0.2) is 5.65 Å². The van der Waals surface area contributed by atoms with Crippen LogP contribution in [0.15, 0.2) is 42.6 Å². The molecule has 5 nitrogen and oxygen atoms in total. The van der Waals surface area contributed by atoms with Gasteiger partial charge in [-0.25, -0.2) is 9.50 Å². The lowest BCUT2D eigenvalue weighted by Crippen LogP contribution is -2.27. The number of aryl methyl sites for hydroxylation is 1. The van der Waals surface area contributed by atoms with E-state index in [-0.39, 0.29) is 0 Å². The molecule has 3 aromatic rings. The number of rotatable bonds is 4. The van der Waals surface area contributed by atoms with Crippen LogP contribution in [0.4, 0.5) is 5.82 Å². The molecule has 1 aliphatic carbocycles. The Kier molecular flexibility index (Phi) is 4.40. The number of aliphatic hydroxyl groups excluding tert-OH is 1. The van der Waals surface area contributed by atoms with E-state index in [1.54, 1.807) is 0 Å². The molecule has 1 fully saturated rings. The molecule has 0 aliphatic heterocycles. The summed E-state index contributed by atoms with van der Waals surface area (Å²) in [5.74, 6) is 1.35. The Hall–Kier alpha value is -2.40. The number of aliphatic hydroxyl groups is 1. The minimum atomic E-state index is 0.311. The fraction of sp³-hybridized carbons (Fsp3) is 0.400. The van der Waals surface area contributed by atoms with Crippen molar-refractivity contribution in [2.24, 2.45) is 5.92 Å². The summed E-state index contributed by atoms with van der Waals surface area (Å²) in [6.07, 6.45) is 6.21. The highest BCUT2D eigenvalue weighted by Crippen LogP contribution is 2.26. The maximum Gasteiger partial charge on any atom is 0.154 e. The third-order valence-corrected chi connectivity index (χ3v) is 5.13. The van der Waals surface area contributed by atoms with Crippen LogP contribution in [0, 0.1) is 12.8 Å². The predicted molar refractivity (Wildman–Crippen MR) is 99.6 cm³/mol. The molecule has 2 N–H and O–H groups in total. The van der Waals surface area contributed by atoms with Crippen LogP contribution < -0.4 is 5.32 Å². The Morgan fingerprint density at radius 1 is 1.16 bits per heavy atom. The van der Waals surface area contributed by atoms with E-state index < -0.39 is 0 Å². The van der Waals surface area contributed by atoms with Crippen molar-refractivity contribution in [1.29, 1.82) is 0 Å². The third-order valence-electron chi connectivity index (χ3n) is 5.13. The van der Waals surface area contributed by atoms with Gasteiger partial charge >= 0.3 is 0 Å². The summed E-state index contributed by atoms with van der Waals surface area (Å²) < 4.78 is 1.91. The first kappa shape index (κ1) is 16.1. The van der Waals surface area contributed by atoms with E-state index in [1.165, 1.54) is 5.56 Å². The van der Waals surface area contributed by atoms with Crippen molar-refractivity contribution in [3.05, 3.63) is 48.2 Å². The van der Waals surface area contributed by atoms with Gasteiger partial charge < -0.3 is 10.4 Å². The molecule has 0 spiro atoms. The van der Waals surface area contributed by atoms with Crippen LogP contribution in [0.1, 0.15) is 31.2 Å². The molecule has 2 aromatic heterocycles. The highest BCUT2D eigenvalue weighted by Gasteiger charge is 2.21. The van der Waals surface area contributed by atoms with Gasteiger partial charge in [-0.3, -0.25) is 0 Å². The lowest BCUT2D eigenvalue weighted by Gasteiger charge is -2.28. The Morgan fingerprint density at radius 2 is 2.00 bits per heavy atom. The minimum absolute atomic E-state index is 0.311. The molecule has 5 heteroatoms. The summed E-state index contributed by atoms with van der Waals surface area (Å²) in [6.45, 7) is 2.40. The van der Waals surface area contributed by atoms with Crippen molar-refractivity contribution in [3.63, 3.8) is 0 Å². The molecule has 0 amide bonds. The van der Waals surface area contributed by atoms with Gasteiger partial charge in [-0.1, -0.05) is 23.8 Å². The number of anilines is 1. The molecule has 0 saturated heterocycles. The zero-order valence-corrected chi connectivity index (χ0v) is 14.5. The van der Waals surface area contributed by atoms with Crippen LogP contribution >= 0.6 is 0 Å². The highest BCUT2D eigenvalue weighted by atomic mass is 16.3. The average Bonchev–Trinajstić information content (AvgIpc) is 3.06. The molecule has 0 unspecified atom stereocenters. The van der Waals surface area contributed by atoms with Gasteiger partial charge in [0.1, 0.15) is 5.82 Å². The molecule has 25 heavy (non-hydrogen) atoms. The van der Waals surface area contributed by atoms with Crippen molar-refractivity contribution in [3.8, 4) is 11.3 Å². The van der Waals surface area contributed by atoms with Gasteiger partial charge in [-0.05, 0) is 56.7 Å². The lowest BCUT2D eigenvalue weighted by molar-refractivity contribution is 0.185. The van der Waals surface area contributed by atoms with Crippen molar-refractivity contribution in [2.75, 3.05) is 11.9 Å². The van der Waals surface area contributed by atoms with Crippen LogP contribution in [0.25, 0.3) is 16.9 Å². The number of fused-ring (bicyclic) bond motifs is 1. The van der Waals surface area contributed by atoms with Gasteiger partial charge in [-0.15, -0.1) is 5.10 Å². The topological polar surface area (TPSA) is 62.5 Å². The van der Waals surface area contributed by atoms with Crippen molar-refractivity contribution in [2.45, 2.75) is 38.6 Å². The van der Waals surface area contributed by atoms with E-state index in [1.807, 2.05) is 22.8 Å². The Morgan fingerprint density at radius 3 is 2.76 bits per heavy atom. The van der Waals surface area contributed by atoms with Gasteiger partial charge in [0, 0.05) is 18.2 Å². The quantitative estimate of drug-likeness (QED) is 0.763. The second-order valence-electron chi connectivity index (χ2n) is 7.05. The predicted octanol–water partition coefficient (Wildman–Crippen LogP) is 3.67. The van der Waals surface area contributed by atoms with Crippen LogP contribution in [0.3, 0.4) is 0 Å². The van der Waals surface area contributed by atoms with Crippen LogP contribution in [-0.2, 0) is 0 Å². The van der Waals surface area contributed by atoms with Gasteiger partial charge in [0.2, 0.25) is 0 Å². The van der Waals surface area contributed by atoms with E-state index in [2.05, 4.69) is 41.5 Å². The molecule has 2 heterocycles.